The number of carbonyl (C=O) groups is 1. The second-order valence-electron chi connectivity index (χ2n) is 6.96. The van der Waals surface area contributed by atoms with Crippen molar-refractivity contribution in [2.45, 2.75) is 56.4 Å². The Bertz CT molecular complexity index is 591. The van der Waals surface area contributed by atoms with E-state index in [-0.39, 0.29) is 18.1 Å². The number of hydrogen-bond acceptors (Lipinski definition) is 3. The van der Waals surface area contributed by atoms with Crippen LogP contribution in [0.2, 0.25) is 0 Å². The van der Waals surface area contributed by atoms with Crippen LogP contribution in [0.4, 0.5) is 4.79 Å². The summed E-state index contributed by atoms with van der Waals surface area (Å²) in [6, 6.07) is 7.61. The van der Waals surface area contributed by atoms with E-state index in [1.807, 2.05) is 24.3 Å². The molecule has 1 aromatic rings. The highest BCUT2D eigenvalue weighted by atomic mass is 16.5. The average Bonchev–Trinajstić information content (AvgIpc) is 3.13. The van der Waals surface area contributed by atoms with E-state index < -0.39 is 6.10 Å². The summed E-state index contributed by atoms with van der Waals surface area (Å²) in [4.78, 5) is 12.4. The van der Waals surface area contributed by atoms with Gasteiger partial charge in [-0.2, -0.15) is 0 Å². The normalized spacial score (nSPS) is 35.4. The average molecular weight is 316 g/mol. The zero-order valence-electron chi connectivity index (χ0n) is 13.2. The van der Waals surface area contributed by atoms with Crippen molar-refractivity contribution < 1.29 is 14.6 Å². The molecule has 5 nitrogen and oxygen atoms in total. The lowest BCUT2D eigenvalue weighted by atomic mass is 9.82. The molecule has 0 spiro atoms. The number of nitrogens with one attached hydrogen (secondary N) is 2. The number of aliphatic hydroxyl groups excluding tert-OH is 1. The highest BCUT2D eigenvalue weighted by Crippen LogP contribution is 2.35. The number of hydrogen-bond donors (Lipinski definition) is 3. The van der Waals surface area contributed by atoms with Crippen molar-refractivity contribution in [3.8, 4) is 0 Å². The van der Waals surface area contributed by atoms with Crippen LogP contribution in [0.1, 0.15) is 42.9 Å². The zero-order chi connectivity index (χ0) is 15.8. The van der Waals surface area contributed by atoms with E-state index in [0.29, 0.717) is 18.4 Å². The smallest absolute Gasteiger partial charge is 0.315 e. The van der Waals surface area contributed by atoms with E-state index in [4.69, 9.17) is 4.74 Å². The third kappa shape index (κ3) is 2.83. The van der Waals surface area contributed by atoms with Gasteiger partial charge in [0.05, 0.1) is 18.2 Å². The minimum absolute atomic E-state index is 0.177. The van der Waals surface area contributed by atoms with Crippen LogP contribution < -0.4 is 10.6 Å². The first-order valence-corrected chi connectivity index (χ1v) is 8.67. The maximum atomic E-state index is 12.4. The summed E-state index contributed by atoms with van der Waals surface area (Å²) in [5, 5.41) is 16.4. The molecule has 2 fully saturated rings. The summed E-state index contributed by atoms with van der Waals surface area (Å²) >= 11 is 0. The topological polar surface area (TPSA) is 70.6 Å². The Balaban J connectivity index is 1.40. The van der Waals surface area contributed by atoms with Gasteiger partial charge in [0.2, 0.25) is 0 Å². The molecule has 5 atom stereocenters. The number of amides is 2. The Hall–Kier alpha value is -1.59. The highest BCUT2D eigenvalue weighted by molar-refractivity contribution is 5.75. The Morgan fingerprint density at radius 1 is 1.17 bits per heavy atom. The fourth-order valence-corrected chi connectivity index (χ4v) is 4.45. The zero-order valence-corrected chi connectivity index (χ0v) is 13.2. The molecule has 1 aromatic carbocycles. The molecule has 2 amide bonds. The van der Waals surface area contributed by atoms with Gasteiger partial charge in [0.15, 0.2) is 0 Å². The fraction of sp³-hybridized carbons (Fsp3) is 0.611. The third-order valence-electron chi connectivity index (χ3n) is 5.59. The molecule has 124 valence electrons. The SMILES string of the molecule is O=C(NC1CCCC2OCCC12)NC1c2ccccc2CC1O. The summed E-state index contributed by atoms with van der Waals surface area (Å²) in [6.45, 7) is 0.809. The van der Waals surface area contributed by atoms with Crippen LogP contribution in [0.25, 0.3) is 0 Å². The van der Waals surface area contributed by atoms with Gasteiger partial charge in [-0.3, -0.25) is 0 Å². The van der Waals surface area contributed by atoms with Crippen LogP contribution in [0.15, 0.2) is 24.3 Å². The molecular weight excluding hydrogens is 292 g/mol. The maximum absolute atomic E-state index is 12.4. The first kappa shape index (κ1) is 15.0. The molecule has 1 aliphatic heterocycles. The second-order valence-corrected chi connectivity index (χ2v) is 6.96. The van der Waals surface area contributed by atoms with Crippen LogP contribution in [0.3, 0.4) is 0 Å². The minimum Gasteiger partial charge on any atom is -0.390 e. The number of ether oxygens (including phenoxy) is 1. The molecular formula is C18H24N2O3. The molecule has 3 aliphatic rings. The molecule has 5 heteroatoms. The monoisotopic (exact) mass is 316 g/mol. The van der Waals surface area contributed by atoms with Crippen molar-refractivity contribution in [2.24, 2.45) is 5.92 Å². The van der Waals surface area contributed by atoms with Crippen LogP contribution in [0.5, 0.6) is 0 Å². The number of benzene rings is 1. The van der Waals surface area contributed by atoms with Gasteiger partial charge in [-0.1, -0.05) is 24.3 Å². The lowest BCUT2D eigenvalue weighted by molar-refractivity contribution is 0.0546. The Morgan fingerprint density at radius 3 is 2.96 bits per heavy atom. The summed E-state index contributed by atoms with van der Waals surface area (Å²) in [6.07, 6.45) is 4.62. The molecule has 0 aromatic heterocycles. The Morgan fingerprint density at radius 2 is 2.04 bits per heavy atom. The maximum Gasteiger partial charge on any atom is 0.315 e. The van der Waals surface area contributed by atoms with Crippen molar-refractivity contribution in [3.63, 3.8) is 0 Å². The van der Waals surface area contributed by atoms with Gasteiger partial charge in [0.25, 0.3) is 0 Å². The molecule has 23 heavy (non-hydrogen) atoms. The quantitative estimate of drug-likeness (QED) is 0.780. The van der Waals surface area contributed by atoms with Gasteiger partial charge in [-0.05, 0) is 36.8 Å². The van der Waals surface area contributed by atoms with E-state index in [2.05, 4.69) is 10.6 Å². The molecule has 0 radical (unpaired) electrons. The van der Waals surface area contributed by atoms with Crippen molar-refractivity contribution in [1.82, 2.24) is 10.6 Å². The van der Waals surface area contributed by atoms with Gasteiger partial charge < -0.3 is 20.5 Å². The van der Waals surface area contributed by atoms with Gasteiger partial charge in [0, 0.05) is 25.0 Å². The van der Waals surface area contributed by atoms with Crippen molar-refractivity contribution in [1.29, 1.82) is 0 Å². The minimum atomic E-state index is -0.549. The number of aliphatic hydroxyl groups is 1. The van der Waals surface area contributed by atoms with Crippen LogP contribution in [-0.2, 0) is 11.2 Å². The Labute approximate surface area is 136 Å². The number of fused-ring (bicyclic) bond motifs is 2. The standard InChI is InChI=1S/C18H24N2O3/c21-15-10-11-4-1-2-5-12(11)17(15)20-18(22)19-14-6-3-7-16-13(14)8-9-23-16/h1-2,4-5,13-17,21H,3,6-10H2,(H2,19,20,22). The molecule has 5 unspecified atom stereocenters. The summed E-state index contributed by atoms with van der Waals surface area (Å²) < 4.78 is 5.75. The lowest BCUT2D eigenvalue weighted by Gasteiger charge is -2.33. The molecule has 1 heterocycles. The number of rotatable bonds is 2. The predicted molar refractivity (Wildman–Crippen MR) is 86.0 cm³/mol. The molecule has 2 aliphatic carbocycles. The van der Waals surface area contributed by atoms with Gasteiger partial charge in [0.1, 0.15) is 0 Å². The first-order chi connectivity index (χ1) is 11.2. The highest BCUT2D eigenvalue weighted by Gasteiger charge is 2.39. The molecule has 3 N–H and O–H groups in total. The van der Waals surface area contributed by atoms with Gasteiger partial charge in [-0.15, -0.1) is 0 Å². The van der Waals surface area contributed by atoms with E-state index in [1.54, 1.807) is 0 Å². The molecule has 4 rings (SSSR count). The summed E-state index contributed by atoms with van der Waals surface area (Å²) in [5.74, 6) is 0.440. The van der Waals surface area contributed by atoms with E-state index in [1.165, 1.54) is 0 Å². The van der Waals surface area contributed by atoms with Crippen LogP contribution in [-0.4, -0.2) is 36.0 Å². The largest absolute Gasteiger partial charge is 0.390 e. The predicted octanol–water partition coefficient (Wildman–Crippen LogP) is 1.90. The molecule has 0 bridgehead atoms. The fourth-order valence-electron chi connectivity index (χ4n) is 4.45. The summed E-state index contributed by atoms with van der Waals surface area (Å²) in [7, 11) is 0. The summed E-state index contributed by atoms with van der Waals surface area (Å²) in [5.41, 5.74) is 2.15. The van der Waals surface area contributed by atoms with E-state index >= 15 is 0 Å². The van der Waals surface area contributed by atoms with Crippen molar-refractivity contribution in [2.75, 3.05) is 6.61 Å². The third-order valence-corrected chi connectivity index (χ3v) is 5.59. The van der Waals surface area contributed by atoms with Crippen molar-refractivity contribution in [3.05, 3.63) is 35.4 Å². The van der Waals surface area contributed by atoms with Gasteiger partial charge >= 0.3 is 6.03 Å². The second kappa shape index (κ2) is 6.13. The number of carbonyl (C=O) groups excluding carboxylic acids is 1. The number of urea groups is 1. The van der Waals surface area contributed by atoms with Gasteiger partial charge in [-0.25, -0.2) is 4.79 Å². The Kier molecular flexibility index (Phi) is 3.99. The van der Waals surface area contributed by atoms with E-state index in [9.17, 15) is 9.90 Å². The van der Waals surface area contributed by atoms with E-state index in [0.717, 1.165) is 43.4 Å². The molecule has 1 saturated carbocycles. The first-order valence-electron chi connectivity index (χ1n) is 8.67. The van der Waals surface area contributed by atoms with Crippen molar-refractivity contribution >= 4 is 6.03 Å². The van der Waals surface area contributed by atoms with Crippen LogP contribution >= 0.6 is 0 Å². The van der Waals surface area contributed by atoms with Crippen LogP contribution in [0, 0.1) is 5.92 Å². The lowest BCUT2D eigenvalue weighted by Crippen LogP contribution is -2.50. The molecule has 1 saturated heterocycles.